The molecule has 27 heavy (non-hydrogen) atoms. The van der Waals surface area contributed by atoms with Crippen molar-refractivity contribution in [2.75, 3.05) is 39.8 Å². The Hall–Kier alpha value is -2.68. The van der Waals surface area contributed by atoms with Gasteiger partial charge in [0.15, 0.2) is 0 Å². The number of amides is 1. The Kier molecular flexibility index (Phi) is 10.7. The van der Waals surface area contributed by atoms with E-state index in [-0.39, 0.29) is 19.5 Å². The molecule has 0 saturated carbocycles. The summed E-state index contributed by atoms with van der Waals surface area (Å²) in [6, 6.07) is -1.07. The van der Waals surface area contributed by atoms with Gasteiger partial charge in [0.1, 0.15) is 11.6 Å². The highest BCUT2D eigenvalue weighted by Gasteiger charge is 2.26. The first kappa shape index (κ1) is 24.3. The second-order valence-corrected chi connectivity index (χ2v) is 7.38. The van der Waals surface area contributed by atoms with Gasteiger partial charge >= 0.3 is 12.1 Å². The van der Waals surface area contributed by atoms with Crippen molar-refractivity contribution in [3.8, 4) is 0 Å². The number of rotatable bonds is 12. The van der Waals surface area contributed by atoms with Crippen LogP contribution in [0.5, 0.6) is 0 Å². The normalized spacial score (nSPS) is 14.1. The lowest BCUT2D eigenvalue weighted by Gasteiger charge is -2.34. The van der Waals surface area contributed by atoms with Gasteiger partial charge in [-0.05, 0) is 44.7 Å². The Morgan fingerprint density at radius 1 is 1.15 bits per heavy atom. The molecule has 1 amide bonds. The summed E-state index contributed by atoms with van der Waals surface area (Å²) in [5.74, 6) is -1.14. The summed E-state index contributed by atoms with van der Waals surface area (Å²) in [5, 5.41) is 18.7. The fraction of sp³-hybridized carbons (Fsp3) is 0.867. The zero-order valence-electron chi connectivity index (χ0n) is 16.3. The van der Waals surface area contributed by atoms with E-state index in [0.717, 1.165) is 0 Å². The quantitative estimate of drug-likeness (QED) is 0.227. The molecule has 2 N–H and O–H groups in total. The van der Waals surface area contributed by atoms with Crippen LogP contribution in [0.3, 0.4) is 0 Å². The van der Waals surface area contributed by atoms with Crippen LogP contribution in [0, 0.1) is 0 Å². The number of nitrogens with one attached hydrogen (secondary N) is 1. The number of azide groups is 2. The van der Waals surface area contributed by atoms with E-state index in [1.807, 2.05) is 7.05 Å². The van der Waals surface area contributed by atoms with Gasteiger partial charge in [0.25, 0.3) is 0 Å². The summed E-state index contributed by atoms with van der Waals surface area (Å²) in [6.45, 7) is 7.27. The van der Waals surface area contributed by atoms with Crippen molar-refractivity contribution in [2.24, 2.45) is 10.2 Å². The summed E-state index contributed by atoms with van der Waals surface area (Å²) >= 11 is 0. The van der Waals surface area contributed by atoms with E-state index < -0.39 is 23.7 Å². The van der Waals surface area contributed by atoms with Crippen LogP contribution in [-0.2, 0) is 9.53 Å². The van der Waals surface area contributed by atoms with Crippen LogP contribution in [0.15, 0.2) is 10.2 Å². The van der Waals surface area contributed by atoms with Gasteiger partial charge in [-0.3, -0.25) is 0 Å². The van der Waals surface area contributed by atoms with E-state index in [1.54, 1.807) is 20.8 Å². The number of carboxylic acid groups (broad SMARTS) is 1. The molecule has 0 aliphatic carbocycles. The van der Waals surface area contributed by atoms with Crippen molar-refractivity contribution in [2.45, 2.75) is 45.3 Å². The van der Waals surface area contributed by atoms with Crippen molar-refractivity contribution in [3.05, 3.63) is 20.9 Å². The maximum atomic E-state index is 11.8. The molecule has 0 aliphatic heterocycles. The van der Waals surface area contributed by atoms with Crippen molar-refractivity contribution in [1.29, 1.82) is 0 Å². The Labute approximate surface area is 158 Å². The van der Waals surface area contributed by atoms with Crippen LogP contribution in [0.2, 0.25) is 0 Å². The fourth-order valence-corrected chi connectivity index (χ4v) is 2.38. The van der Waals surface area contributed by atoms with Gasteiger partial charge in [0, 0.05) is 9.82 Å². The number of hydrogen-bond acceptors (Lipinski definition) is 5. The highest BCUT2D eigenvalue weighted by Crippen LogP contribution is 2.10. The zero-order valence-corrected chi connectivity index (χ0v) is 16.3. The number of alkyl carbamates (subject to hydrolysis) is 1. The Bertz CT molecular complexity index is 569. The van der Waals surface area contributed by atoms with Crippen LogP contribution in [0.1, 0.15) is 33.6 Å². The van der Waals surface area contributed by atoms with E-state index in [4.69, 9.17) is 15.8 Å². The van der Waals surface area contributed by atoms with Crippen molar-refractivity contribution >= 4 is 12.1 Å². The molecular formula is C15H29N8O4+. The van der Waals surface area contributed by atoms with Gasteiger partial charge in [-0.25, -0.2) is 9.59 Å². The lowest BCUT2D eigenvalue weighted by molar-refractivity contribution is -0.907. The summed E-state index contributed by atoms with van der Waals surface area (Å²) in [6.07, 6.45) is -0.0693. The SMILES string of the molecule is CC(C)(C)OC(=O)NC(CCC[N+](C)(CCN=[N+]=[N-])CCN=[N+]=[N-])C(=O)O. The lowest BCUT2D eigenvalue weighted by atomic mass is 10.1. The third kappa shape index (κ3) is 12.3. The molecular weight excluding hydrogens is 356 g/mol. The Balaban J connectivity index is 4.75. The van der Waals surface area contributed by atoms with Crippen molar-refractivity contribution in [3.63, 3.8) is 0 Å². The van der Waals surface area contributed by atoms with Gasteiger partial charge < -0.3 is 19.6 Å². The zero-order chi connectivity index (χ0) is 20.9. The number of aliphatic carboxylic acids is 1. The molecule has 0 aromatic carbocycles. The molecule has 0 fully saturated rings. The number of carbonyl (C=O) groups excluding carboxylic acids is 1. The van der Waals surface area contributed by atoms with Crippen LogP contribution >= 0.6 is 0 Å². The van der Waals surface area contributed by atoms with Gasteiger partial charge in [-0.2, -0.15) is 0 Å². The van der Waals surface area contributed by atoms with Crippen LogP contribution in [0.4, 0.5) is 4.79 Å². The smallest absolute Gasteiger partial charge is 0.408 e. The lowest BCUT2D eigenvalue weighted by Crippen LogP contribution is -2.49. The average Bonchev–Trinajstić information content (AvgIpc) is 2.52. The molecule has 0 radical (unpaired) electrons. The number of likely N-dealkylation sites (N-methyl/N-ethyl adjacent to an activating group) is 1. The maximum Gasteiger partial charge on any atom is 0.408 e. The largest absolute Gasteiger partial charge is 0.480 e. The number of ether oxygens (including phenoxy) is 1. The van der Waals surface area contributed by atoms with Gasteiger partial charge in [0.2, 0.25) is 0 Å². The van der Waals surface area contributed by atoms with E-state index in [9.17, 15) is 14.7 Å². The van der Waals surface area contributed by atoms with Gasteiger partial charge in [-0.15, -0.1) is 0 Å². The van der Waals surface area contributed by atoms with E-state index in [2.05, 4.69) is 25.4 Å². The number of nitrogens with zero attached hydrogens (tertiary/aromatic N) is 7. The summed E-state index contributed by atoms with van der Waals surface area (Å²) < 4.78 is 5.54. The Morgan fingerprint density at radius 2 is 1.67 bits per heavy atom. The predicted octanol–water partition coefficient (Wildman–Crippen LogP) is 2.81. The van der Waals surface area contributed by atoms with E-state index in [0.29, 0.717) is 30.5 Å². The standard InChI is InChI=1S/C15H28N8O4/c1-15(2,3)27-14(26)20-12(13(24)25)6-5-9-23(4,10-7-18-21-16)11-8-19-22-17/h12H,5-11H2,1-4H3,(H-,20,24,25,26)/p+1. The molecule has 0 aliphatic rings. The topological polar surface area (TPSA) is 173 Å². The molecule has 0 saturated heterocycles. The molecule has 1 atom stereocenters. The van der Waals surface area contributed by atoms with E-state index in [1.165, 1.54) is 0 Å². The number of quaternary nitrogens is 1. The fourth-order valence-electron chi connectivity index (χ4n) is 2.38. The van der Waals surface area contributed by atoms with Crippen LogP contribution < -0.4 is 5.32 Å². The van der Waals surface area contributed by atoms with Crippen LogP contribution in [-0.4, -0.2) is 73.1 Å². The highest BCUT2D eigenvalue weighted by molar-refractivity contribution is 5.79. The van der Waals surface area contributed by atoms with Crippen molar-refractivity contribution in [1.82, 2.24) is 5.32 Å². The van der Waals surface area contributed by atoms with Gasteiger partial charge in [0.05, 0.1) is 39.8 Å². The molecule has 12 heteroatoms. The predicted molar refractivity (Wildman–Crippen MR) is 98.8 cm³/mol. The molecule has 152 valence electrons. The first-order valence-corrected chi connectivity index (χ1v) is 8.60. The average molecular weight is 385 g/mol. The third-order valence-electron chi connectivity index (χ3n) is 3.79. The molecule has 0 aromatic heterocycles. The molecule has 1 unspecified atom stereocenters. The monoisotopic (exact) mass is 385 g/mol. The molecule has 12 nitrogen and oxygen atoms in total. The highest BCUT2D eigenvalue weighted by atomic mass is 16.6. The second-order valence-electron chi connectivity index (χ2n) is 7.38. The second kappa shape index (κ2) is 11.8. The molecule has 0 spiro atoms. The molecule has 0 rings (SSSR count). The molecule has 0 aromatic rings. The number of hydrogen-bond donors (Lipinski definition) is 2. The first-order chi connectivity index (χ1) is 12.5. The minimum atomic E-state index is -1.14. The number of carboxylic acids is 1. The molecule has 0 heterocycles. The van der Waals surface area contributed by atoms with Crippen LogP contribution in [0.25, 0.3) is 20.9 Å². The minimum absolute atomic E-state index is 0.214. The van der Waals surface area contributed by atoms with Gasteiger partial charge in [-0.1, -0.05) is 10.2 Å². The summed E-state index contributed by atoms with van der Waals surface area (Å²) in [7, 11) is 1.91. The third-order valence-corrected chi connectivity index (χ3v) is 3.79. The molecule has 0 bridgehead atoms. The van der Waals surface area contributed by atoms with Crippen molar-refractivity contribution < 1.29 is 23.9 Å². The van der Waals surface area contributed by atoms with E-state index >= 15 is 0 Å². The minimum Gasteiger partial charge on any atom is -0.480 e. The number of carbonyl (C=O) groups is 2. The Morgan fingerprint density at radius 3 is 2.07 bits per heavy atom. The summed E-state index contributed by atoms with van der Waals surface area (Å²) in [4.78, 5) is 28.6. The summed E-state index contributed by atoms with van der Waals surface area (Å²) in [5.41, 5.74) is 16.1. The maximum absolute atomic E-state index is 11.8. The first-order valence-electron chi connectivity index (χ1n) is 8.60.